The molecule has 4 rings (SSSR count). The molecule has 31 heavy (non-hydrogen) atoms. The highest BCUT2D eigenvalue weighted by atomic mass is 16.6. The Bertz CT molecular complexity index is 751. The molecule has 4 aliphatic rings. The fourth-order valence-electron chi connectivity index (χ4n) is 5.35. The number of aldehydes is 1. The van der Waals surface area contributed by atoms with Crippen LogP contribution in [0, 0.1) is 0 Å². The molecule has 9 heteroatoms. The third kappa shape index (κ3) is 4.36. The Morgan fingerprint density at radius 2 is 1.94 bits per heavy atom. The van der Waals surface area contributed by atoms with E-state index >= 15 is 0 Å². The maximum absolute atomic E-state index is 11.7. The van der Waals surface area contributed by atoms with E-state index in [1.807, 2.05) is 13.8 Å². The molecule has 4 fully saturated rings. The van der Waals surface area contributed by atoms with Crippen molar-refractivity contribution in [1.82, 2.24) is 0 Å². The van der Waals surface area contributed by atoms with Crippen LogP contribution in [0.3, 0.4) is 0 Å². The van der Waals surface area contributed by atoms with Gasteiger partial charge in [-0.05, 0) is 26.7 Å². The number of hydrogen-bond donors (Lipinski definition) is 0. The minimum atomic E-state index is -0.874. The van der Waals surface area contributed by atoms with Gasteiger partial charge in [0.15, 0.2) is 0 Å². The molecule has 0 bridgehead atoms. The molecule has 0 radical (unpaired) electrons. The highest BCUT2D eigenvalue weighted by Gasteiger charge is 2.59. The molecule has 0 aromatic rings. The quantitative estimate of drug-likeness (QED) is 0.274. The van der Waals surface area contributed by atoms with E-state index in [-0.39, 0.29) is 49.3 Å². The van der Waals surface area contributed by atoms with Crippen LogP contribution in [0.25, 0.3) is 0 Å². The molecule has 4 heterocycles. The number of methoxy groups -OCH3 is 1. The predicted octanol–water partition coefficient (Wildman–Crippen LogP) is 1.61. The van der Waals surface area contributed by atoms with Crippen LogP contribution in [-0.4, -0.2) is 73.2 Å². The van der Waals surface area contributed by atoms with Crippen molar-refractivity contribution >= 4 is 18.2 Å². The molecule has 9 nitrogen and oxygen atoms in total. The van der Waals surface area contributed by atoms with E-state index in [4.69, 9.17) is 23.7 Å². The molecule has 4 aliphatic heterocycles. The smallest absolute Gasteiger partial charge is 0.333 e. The van der Waals surface area contributed by atoms with Crippen LogP contribution in [0.1, 0.15) is 52.4 Å². The lowest BCUT2D eigenvalue weighted by Crippen LogP contribution is -2.66. The maximum Gasteiger partial charge on any atom is 0.333 e. The summed E-state index contributed by atoms with van der Waals surface area (Å²) in [6, 6.07) is 0. The second kappa shape index (κ2) is 8.52. The highest BCUT2D eigenvalue weighted by molar-refractivity contribution is 5.81. The number of carbonyl (C=O) groups excluding carboxylic acids is 3. The van der Waals surface area contributed by atoms with E-state index < -0.39 is 23.3 Å². The Labute approximate surface area is 181 Å². The fourth-order valence-corrected chi connectivity index (χ4v) is 5.35. The van der Waals surface area contributed by atoms with E-state index in [0.717, 1.165) is 12.7 Å². The first-order valence-electron chi connectivity index (χ1n) is 10.8. The van der Waals surface area contributed by atoms with Crippen LogP contribution in [-0.2, 0) is 42.8 Å². The summed E-state index contributed by atoms with van der Waals surface area (Å²) in [4.78, 5) is 34.4. The first kappa shape index (κ1) is 22.2. The lowest BCUT2D eigenvalue weighted by atomic mass is 9.74. The molecule has 4 saturated heterocycles. The van der Waals surface area contributed by atoms with Crippen molar-refractivity contribution in [3.05, 3.63) is 12.3 Å². The molecule has 172 valence electrons. The molecular formula is C22H30O9. The van der Waals surface area contributed by atoms with Crippen LogP contribution in [0.15, 0.2) is 12.3 Å². The second-order valence-corrected chi connectivity index (χ2v) is 9.18. The Morgan fingerprint density at radius 1 is 1.16 bits per heavy atom. The highest BCUT2D eigenvalue weighted by Crippen LogP contribution is 2.48. The van der Waals surface area contributed by atoms with Crippen LogP contribution in [0.5, 0.6) is 0 Å². The molecule has 0 spiro atoms. The van der Waals surface area contributed by atoms with Crippen molar-refractivity contribution < 1.29 is 42.8 Å². The monoisotopic (exact) mass is 438 g/mol. The van der Waals surface area contributed by atoms with E-state index in [1.54, 1.807) is 0 Å². The minimum absolute atomic E-state index is 0.147. The largest absolute Gasteiger partial charge is 0.492 e. The number of carbonyl (C=O) groups is 3. The standard InChI is InChI=1S/C22H30O9/c1-21(27-9-7-19(24)26-3)12-22(2)18(30-17(21)6-8-23)10-15-14(31-22)5-4-13-16(28-15)11-20(25)29-13/h7-9,13-18H,4-6,10-12H2,1-3H3/b9-7+/t13-,14+,15-,16+,17-,18+,21+,22-/m0/s1. The zero-order valence-corrected chi connectivity index (χ0v) is 18.1. The van der Waals surface area contributed by atoms with Gasteiger partial charge in [0.05, 0.1) is 49.8 Å². The first-order valence-corrected chi connectivity index (χ1v) is 10.8. The molecule has 0 saturated carbocycles. The molecule has 0 aromatic carbocycles. The van der Waals surface area contributed by atoms with Crippen LogP contribution in [0.2, 0.25) is 0 Å². The van der Waals surface area contributed by atoms with Gasteiger partial charge in [0.1, 0.15) is 30.2 Å². The summed E-state index contributed by atoms with van der Waals surface area (Å²) in [5.41, 5.74) is -1.53. The van der Waals surface area contributed by atoms with Gasteiger partial charge >= 0.3 is 11.9 Å². The summed E-state index contributed by atoms with van der Waals surface area (Å²) in [6.45, 7) is 3.84. The lowest BCUT2D eigenvalue weighted by Gasteiger charge is -2.56. The van der Waals surface area contributed by atoms with Crippen LogP contribution >= 0.6 is 0 Å². The zero-order chi connectivity index (χ0) is 22.2. The van der Waals surface area contributed by atoms with Gasteiger partial charge in [-0.1, -0.05) is 0 Å². The molecule has 8 atom stereocenters. The summed E-state index contributed by atoms with van der Waals surface area (Å²) in [5, 5.41) is 0. The SMILES string of the molecule is COC(=O)/C=C/O[C@]1(C)C[C@]2(C)O[C@@H]3CC[C@@H]4OC(=O)C[C@H]4O[C@H]3C[C@H]2O[C@H]1CC=O. The van der Waals surface area contributed by atoms with Crippen molar-refractivity contribution in [2.45, 2.75) is 100 Å². The Hall–Kier alpha value is -1.97. The van der Waals surface area contributed by atoms with Crippen molar-refractivity contribution in [1.29, 1.82) is 0 Å². The van der Waals surface area contributed by atoms with E-state index in [9.17, 15) is 14.4 Å². The Morgan fingerprint density at radius 3 is 2.68 bits per heavy atom. The zero-order valence-electron chi connectivity index (χ0n) is 18.1. The molecule has 0 aromatic heterocycles. The fraction of sp³-hybridized carbons (Fsp3) is 0.773. The molecule has 0 aliphatic carbocycles. The molecule has 0 N–H and O–H groups in total. The van der Waals surface area contributed by atoms with Gasteiger partial charge in [-0.15, -0.1) is 0 Å². The van der Waals surface area contributed by atoms with Crippen LogP contribution < -0.4 is 0 Å². The van der Waals surface area contributed by atoms with E-state index in [0.29, 0.717) is 19.3 Å². The number of rotatable bonds is 5. The average molecular weight is 438 g/mol. The van der Waals surface area contributed by atoms with Crippen molar-refractivity contribution in [3.8, 4) is 0 Å². The summed E-state index contributed by atoms with van der Waals surface area (Å²) in [7, 11) is 1.29. The van der Waals surface area contributed by atoms with E-state index in [1.165, 1.54) is 19.4 Å². The molecular weight excluding hydrogens is 408 g/mol. The third-order valence-electron chi connectivity index (χ3n) is 6.88. The Kier molecular flexibility index (Phi) is 6.11. The van der Waals surface area contributed by atoms with Gasteiger partial charge < -0.3 is 33.2 Å². The summed E-state index contributed by atoms with van der Waals surface area (Å²) < 4.78 is 35.1. The number of ether oxygens (including phenoxy) is 6. The summed E-state index contributed by atoms with van der Waals surface area (Å²) in [5.74, 6) is -0.752. The first-order chi connectivity index (χ1) is 14.8. The van der Waals surface area contributed by atoms with Gasteiger partial charge in [-0.3, -0.25) is 4.79 Å². The lowest BCUT2D eigenvalue weighted by molar-refractivity contribution is -0.310. The summed E-state index contributed by atoms with van der Waals surface area (Å²) >= 11 is 0. The molecule has 0 amide bonds. The van der Waals surface area contributed by atoms with Gasteiger partial charge in [0.25, 0.3) is 0 Å². The van der Waals surface area contributed by atoms with Gasteiger partial charge in [0.2, 0.25) is 0 Å². The Balaban J connectivity index is 1.51. The van der Waals surface area contributed by atoms with Crippen molar-refractivity contribution in [3.63, 3.8) is 0 Å². The normalized spacial score (nSPS) is 44.4. The van der Waals surface area contributed by atoms with E-state index in [2.05, 4.69) is 4.74 Å². The van der Waals surface area contributed by atoms with Gasteiger partial charge in [0, 0.05) is 19.3 Å². The summed E-state index contributed by atoms with van der Waals surface area (Å²) in [6.07, 6.45) is 4.55. The minimum Gasteiger partial charge on any atom is -0.492 e. The van der Waals surface area contributed by atoms with Crippen molar-refractivity contribution in [2.75, 3.05) is 7.11 Å². The topological polar surface area (TPSA) is 107 Å². The maximum atomic E-state index is 11.7. The number of fused-ring (bicyclic) bond motifs is 3. The second-order valence-electron chi connectivity index (χ2n) is 9.18. The average Bonchev–Trinajstić information content (AvgIpc) is 2.98. The third-order valence-corrected chi connectivity index (χ3v) is 6.88. The van der Waals surface area contributed by atoms with Gasteiger partial charge in [-0.2, -0.15) is 0 Å². The number of esters is 2. The van der Waals surface area contributed by atoms with Crippen LogP contribution in [0.4, 0.5) is 0 Å². The molecule has 0 unspecified atom stereocenters. The van der Waals surface area contributed by atoms with Gasteiger partial charge in [-0.25, -0.2) is 4.79 Å². The van der Waals surface area contributed by atoms with Crippen molar-refractivity contribution in [2.24, 2.45) is 0 Å². The number of hydrogen-bond acceptors (Lipinski definition) is 9. The predicted molar refractivity (Wildman–Crippen MR) is 105 cm³/mol.